The summed E-state index contributed by atoms with van der Waals surface area (Å²) in [6.07, 6.45) is 3.20. The summed E-state index contributed by atoms with van der Waals surface area (Å²) in [4.78, 5) is 30.9. The number of amides is 2. The van der Waals surface area contributed by atoms with Crippen molar-refractivity contribution in [2.24, 2.45) is 0 Å². The van der Waals surface area contributed by atoms with E-state index in [1.54, 1.807) is 16.9 Å². The van der Waals surface area contributed by atoms with E-state index in [4.69, 9.17) is 14.2 Å². The topological polar surface area (TPSA) is 68.3 Å². The lowest BCUT2D eigenvalue weighted by molar-refractivity contribution is -0.170. The average molecular weight is 481 g/mol. The van der Waals surface area contributed by atoms with Gasteiger partial charge in [-0.15, -0.1) is 0 Å². The molecular weight excluding hydrogens is 444 g/mol. The molecule has 2 aliphatic heterocycles. The summed E-state index contributed by atoms with van der Waals surface area (Å²) >= 11 is 0. The highest BCUT2D eigenvalue weighted by atomic mass is 16.5. The van der Waals surface area contributed by atoms with Crippen LogP contribution in [0.3, 0.4) is 0 Å². The Balaban J connectivity index is 1.55. The molecule has 0 saturated carbocycles. The van der Waals surface area contributed by atoms with Crippen molar-refractivity contribution in [2.75, 3.05) is 46.5 Å². The van der Waals surface area contributed by atoms with Gasteiger partial charge in [0.25, 0.3) is 11.8 Å². The zero-order valence-corrected chi connectivity index (χ0v) is 20.8. The number of hydrogen-bond donors (Lipinski definition) is 0. The maximum absolute atomic E-state index is 13.8. The molecule has 1 saturated heterocycles. The van der Waals surface area contributed by atoms with Crippen LogP contribution in [0.1, 0.15) is 47.7 Å². The molecule has 188 valence electrons. The van der Waals surface area contributed by atoms with Crippen molar-refractivity contribution in [3.05, 3.63) is 65.2 Å². The number of nitrogens with zero attached hydrogens (tertiary/aromatic N) is 2. The summed E-state index contributed by atoms with van der Waals surface area (Å²) in [7, 11) is 1.64. The number of para-hydroxylation sites is 1. The second-order valence-corrected chi connectivity index (χ2v) is 9.25. The Kier molecular flexibility index (Phi) is 8.42. The van der Waals surface area contributed by atoms with Crippen LogP contribution in [0, 0.1) is 0 Å². The predicted octanol–water partition coefficient (Wildman–Crippen LogP) is 3.70. The van der Waals surface area contributed by atoms with Crippen molar-refractivity contribution in [3.63, 3.8) is 0 Å². The van der Waals surface area contributed by atoms with Crippen molar-refractivity contribution in [3.8, 4) is 5.75 Å². The zero-order valence-electron chi connectivity index (χ0n) is 20.8. The number of hydrogen-bond acceptors (Lipinski definition) is 5. The van der Waals surface area contributed by atoms with Crippen LogP contribution in [0.4, 0.5) is 0 Å². The van der Waals surface area contributed by atoms with Crippen molar-refractivity contribution in [1.82, 2.24) is 9.80 Å². The van der Waals surface area contributed by atoms with E-state index in [1.165, 1.54) is 5.56 Å². The second kappa shape index (κ2) is 11.7. The molecular formula is C28H36N2O5. The van der Waals surface area contributed by atoms with Crippen molar-refractivity contribution >= 4 is 11.8 Å². The molecule has 7 nitrogen and oxygen atoms in total. The van der Waals surface area contributed by atoms with Crippen molar-refractivity contribution < 1.29 is 23.8 Å². The van der Waals surface area contributed by atoms with Gasteiger partial charge in [-0.2, -0.15) is 0 Å². The van der Waals surface area contributed by atoms with Gasteiger partial charge in [0.1, 0.15) is 12.4 Å². The third-order valence-electron chi connectivity index (χ3n) is 6.88. The summed E-state index contributed by atoms with van der Waals surface area (Å²) in [6, 6.07) is 15.6. The van der Waals surface area contributed by atoms with Gasteiger partial charge in [-0.1, -0.05) is 30.3 Å². The Hall–Kier alpha value is -2.90. The lowest BCUT2D eigenvalue weighted by Crippen LogP contribution is -2.62. The van der Waals surface area contributed by atoms with Gasteiger partial charge in [-0.3, -0.25) is 9.59 Å². The molecule has 7 heteroatoms. The molecule has 1 unspecified atom stereocenters. The number of methoxy groups -OCH3 is 1. The Morgan fingerprint density at radius 1 is 1.09 bits per heavy atom. The van der Waals surface area contributed by atoms with Crippen LogP contribution in [0.2, 0.25) is 0 Å². The zero-order chi connectivity index (χ0) is 24.7. The molecule has 0 bridgehead atoms. The van der Waals surface area contributed by atoms with E-state index >= 15 is 0 Å². The molecule has 1 atom stereocenters. The summed E-state index contributed by atoms with van der Waals surface area (Å²) in [5.41, 5.74) is 1.71. The fourth-order valence-electron chi connectivity index (χ4n) is 5.02. The molecule has 0 N–H and O–H groups in total. The first-order valence-electron chi connectivity index (χ1n) is 12.6. The second-order valence-electron chi connectivity index (χ2n) is 9.25. The molecule has 0 aromatic heterocycles. The van der Waals surface area contributed by atoms with E-state index < -0.39 is 5.60 Å². The number of carbonyl (C=O) groups is 2. The summed E-state index contributed by atoms with van der Waals surface area (Å²) in [6.45, 7) is 4.93. The van der Waals surface area contributed by atoms with Crippen LogP contribution < -0.4 is 4.74 Å². The minimum atomic E-state index is -1.03. The van der Waals surface area contributed by atoms with Crippen molar-refractivity contribution in [2.45, 2.75) is 44.8 Å². The van der Waals surface area contributed by atoms with E-state index in [1.807, 2.05) is 49.4 Å². The number of ether oxygens (including phenoxy) is 3. The van der Waals surface area contributed by atoms with Gasteiger partial charge in [0.2, 0.25) is 0 Å². The molecule has 2 heterocycles. The lowest BCUT2D eigenvalue weighted by Gasteiger charge is -2.44. The number of rotatable bonds is 4. The van der Waals surface area contributed by atoms with Crippen LogP contribution in [-0.2, 0) is 27.3 Å². The molecule has 2 amide bonds. The van der Waals surface area contributed by atoms with Gasteiger partial charge in [0.05, 0.1) is 26.3 Å². The highest BCUT2D eigenvalue weighted by molar-refractivity contribution is 5.95. The smallest absolute Gasteiger partial charge is 0.256 e. The molecule has 35 heavy (non-hydrogen) atoms. The first-order valence-corrected chi connectivity index (χ1v) is 12.6. The first-order chi connectivity index (χ1) is 17.1. The van der Waals surface area contributed by atoms with Crippen LogP contribution in [0.25, 0.3) is 0 Å². The van der Waals surface area contributed by atoms with E-state index in [-0.39, 0.29) is 18.4 Å². The minimum Gasteiger partial charge on any atom is -0.491 e. The Morgan fingerprint density at radius 2 is 1.94 bits per heavy atom. The fraction of sp³-hybridized carbons (Fsp3) is 0.500. The summed E-state index contributed by atoms with van der Waals surface area (Å²) < 4.78 is 17.5. The molecule has 0 radical (unpaired) electrons. The molecule has 2 aliphatic rings. The van der Waals surface area contributed by atoms with Crippen LogP contribution >= 0.6 is 0 Å². The first kappa shape index (κ1) is 25.2. The monoisotopic (exact) mass is 480 g/mol. The van der Waals surface area contributed by atoms with Gasteiger partial charge in [0.15, 0.2) is 5.60 Å². The molecule has 1 spiro atoms. The molecule has 0 aliphatic carbocycles. The summed E-state index contributed by atoms with van der Waals surface area (Å²) in [5.74, 6) is 0.764. The van der Waals surface area contributed by atoms with Crippen LogP contribution in [0.5, 0.6) is 5.75 Å². The number of fused-ring (bicyclic) bond motifs is 1. The van der Waals surface area contributed by atoms with Crippen LogP contribution in [-0.4, -0.2) is 73.7 Å². The Bertz CT molecular complexity index is 1030. The van der Waals surface area contributed by atoms with E-state index in [9.17, 15) is 9.59 Å². The van der Waals surface area contributed by atoms with Gasteiger partial charge in [-0.25, -0.2) is 0 Å². The SMILES string of the molecule is CCN1CCOc2ccccc2CCCCC2(CN(C(=O)c3cccc(COC)c3)CCO2)C1=O. The van der Waals surface area contributed by atoms with Gasteiger partial charge >= 0.3 is 0 Å². The van der Waals surface area contributed by atoms with Gasteiger partial charge in [0, 0.05) is 25.8 Å². The number of benzene rings is 2. The highest BCUT2D eigenvalue weighted by Gasteiger charge is 2.46. The number of likely N-dealkylation sites (N-methyl/N-ethyl adjacent to an activating group) is 1. The standard InChI is InChI=1S/C28H36N2O5/c1-3-29-15-17-34-25-13-5-4-10-23(25)11-6-7-14-28(27(29)32)21-30(16-18-35-28)26(31)24-12-8-9-22(19-24)20-33-2/h4-5,8-10,12-13,19H,3,6-7,11,14-18,20-21H2,1-2H3. The molecule has 2 aromatic carbocycles. The third-order valence-corrected chi connectivity index (χ3v) is 6.88. The van der Waals surface area contributed by atoms with E-state index in [2.05, 4.69) is 6.07 Å². The predicted molar refractivity (Wildman–Crippen MR) is 133 cm³/mol. The third kappa shape index (κ3) is 5.85. The largest absolute Gasteiger partial charge is 0.491 e. The number of carbonyl (C=O) groups excluding carboxylic acids is 2. The maximum Gasteiger partial charge on any atom is 0.256 e. The Morgan fingerprint density at radius 3 is 2.77 bits per heavy atom. The van der Waals surface area contributed by atoms with E-state index in [0.717, 1.165) is 30.6 Å². The molecule has 2 aromatic rings. The average Bonchev–Trinajstić information content (AvgIpc) is 2.89. The number of aryl methyl sites for hydroxylation is 1. The minimum absolute atomic E-state index is 0.0527. The van der Waals surface area contributed by atoms with Crippen LogP contribution in [0.15, 0.2) is 48.5 Å². The van der Waals surface area contributed by atoms with Gasteiger partial charge < -0.3 is 24.0 Å². The number of morpholine rings is 1. The quantitative estimate of drug-likeness (QED) is 0.668. The van der Waals surface area contributed by atoms with Crippen molar-refractivity contribution in [1.29, 1.82) is 0 Å². The normalized spacial score (nSPS) is 21.6. The van der Waals surface area contributed by atoms with E-state index in [0.29, 0.717) is 51.4 Å². The fourth-order valence-corrected chi connectivity index (χ4v) is 5.02. The molecule has 4 rings (SSSR count). The lowest BCUT2D eigenvalue weighted by atomic mass is 9.90. The maximum atomic E-state index is 13.8. The van der Waals surface area contributed by atoms with Gasteiger partial charge in [-0.05, 0) is 61.9 Å². The highest BCUT2D eigenvalue weighted by Crippen LogP contribution is 2.30. The summed E-state index contributed by atoms with van der Waals surface area (Å²) in [5, 5.41) is 0. The molecule has 1 fully saturated rings. The Labute approximate surface area is 207 Å².